The SMILES string of the molecule is C=CCN1C=C/C(=C\C=C(\C#N)C(=O)Nc2ccccc2)c2ccccc21. The number of carbonyl (C=O) groups is 1. The molecule has 1 aliphatic rings. The molecule has 0 saturated heterocycles. The van der Waals surface area contributed by atoms with E-state index in [0.29, 0.717) is 12.2 Å². The summed E-state index contributed by atoms with van der Waals surface area (Å²) in [6.07, 6.45) is 9.13. The fourth-order valence-corrected chi connectivity index (χ4v) is 2.81. The molecule has 4 nitrogen and oxygen atoms in total. The topological polar surface area (TPSA) is 56.1 Å². The quantitative estimate of drug-likeness (QED) is 0.482. The van der Waals surface area contributed by atoms with Crippen LogP contribution in [0, 0.1) is 11.3 Å². The number of nitriles is 1. The average molecular weight is 353 g/mol. The molecule has 1 N–H and O–H groups in total. The molecule has 0 spiro atoms. The van der Waals surface area contributed by atoms with Crippen molar-refractivity contribution in [3.63, 3.8) is 0 Å². The number of nitrogens with one attached hydrogen (secondary N) is 1. The van der Waals surface area contributed by atoms with Crippen LogP contribution in [-0.4, -0.2) is 12.5 Å². The van der Waals surface area contributed by atoms with E-state index in [0.717, 1.165) is 16.8 Å². The van der Waals surface area contributed by atoms with Gasteiger partial charge in [0, 0.05) is 29.7 Å². The van der Waals surface area contributed by atoms with E-state index >= 15 is 0 Å². The maximum Gasteiger partial charge on any atom is 0.266 e. The Morgan fingerprint density at radius 3 is 2.63 bits per heavy atom. The van der Waals surface area contributed by atoms with E-state index in [1.165, 1.54) is 0 Å². The number of amides is 1. The second-order valence-electron chi connectivity index (χ2n) is 5.91. The first-order chi connectivity index (χ1) is 13.2. The Bertz CT molecular complexity index is 978. The van der Waals surface area contributed by atoms with Crippen LogP contribution in [0.1, 0.15) is 5.56 Å². The molecule has 3 rings (SSSR count). The number of hydrogen-bond acceptors (Lipinski definition) is 3. The zero-order chi connectivity index (χ0) is 19.1. The van der Waals surface area contributed by atoms with E-state index < -0.39 is 5.91 Å². The average Bonchev–Trinajstić information content (AvgIpc) is 2.70. The summed E-state index contributed by atoms with van der Waals surface area (Å²) in [5.74, 6) is -0.429. The van der Waals surface area contributed by atoms with Crippen LogP contribution in [0.4, 0.5) is 11.4 Å². The predicted octanol–water partition coefficient (Wildman–Crippen LogP) is 4.68. The number of nitrogens with zero attached hydrogens (tertiary/aromatic N) is 2. The lowest BCUT2D eigenvalue weighted by atomic mass is 9.99. The molecule has 0 fully saturated rings. The van der Waals surface area contributed by atoms with Crippen LogP contribution in [0.15, 0.2) is 97.3 Å². The van der Waals surface area contributed by atoms with Gasteiger partial charge in [-0.05, 0) is 35.9 Å². The number of rotatable bonds is 5. The van der Waals surface area contributed by atoms with Crippen LogP contribution in [-0.2, 0) is 4.79 Å². The van der Waals surface area contributed by atoms with Gasteiger partial charge in [-0.15, -0.1) is 6.58 Å². The summed E-state index contributed by atoms with van der Waals surface area (Å²) in [6.45, 7) is 4.50. The van der Waals surface area contributed by atoms with Crippen molar-refractivity contribution in [2.45, 2.75) is 0 Å². The van der Waals surface area contributed by atoms with Crippen LogP contribution < -0.4 is 10.2 Å². The lowest BCUT2D eigenvalue weighted by molar-refractivity contribution is -0.112. The van der Waals surface area contributed by atoms with Gasteiger partial charge in [-0.25, -0.2) is 0 Å². The van der Waals surface area contributed by atoms with Gasteiger partial charge in [0.15, 0.2) is 0 Å². The Labute approximate surface area is 159 Å². The molecule has 0 saturated carbocycles. The van der Waals surface area contributed by atoms with E-state index in [2.05, 4.69) is 16.8 Å². The molecule has 2 aromatic rings. The number of para-hydroxylation sites is 2. The Hall–Kier alpha value is -3.84. The molecule has 0 aromatic heterocycles. The molecule has 132 valence electrons. The third kappa shape index (κ3) is 4.23. The Morgan fingerprint density at radius 1 is 1.15 bits per heavy atom. The van der Waals surface area contributed by atoms with Crippen molar-refractivity contribution in [1.82, 2.24) is 0 Å². The number of benzene rings is 2. The van der Waals surface area contributed by atoms with Crippen LogP contribution in [0.2, 0.25) is 0 Å². The minimum Gasteiger partial charge on any atom is -0.344 e. The number of anilines is 2. The lowest BCUT2D eigenvalue weighted by Gasteiger charge is -2.26. The highest BCUT2D eigenvalue weighted by molar-refractivity contribution is 6.07. The summed E-state index contributed by atoms with van der Waals surface area (Å²) < 4.78 is 0. The normalized spacial score (nSPS) is 14.4. The Morgan fingerprint density at radius 2 is 1.89 bits per heavy atom. The molecule has 0 radical (unpaired) electrons. The highest BCUT2D eigenvalue weighted by Crippen LogP contribution is 2.32. The first-order valence-electron chi connectivity index (χ1n) is 8.56. The van der Waals surface area contributed by atoms with Crippen molar-refractivity contribution in [2.24, 2.45) is 0 Å². The minimum absolute atomic E-state index is 0.0470. The largest absolute Gasteiger partial charge is 0.344 e. The van der Waals surface area contributed by atoms with E-state index in [1.807, 2.05) is 66.9 Å². The molecular weight excluding hydrogens is 334 g/mol. The lowest BCUT2D eigenvalue weighted by Crippen LogP contribution is -2.19. The second-order valence-corrected chi connectivity index (χ2v) is 5.91. The molecule has 1 heterocycles. The maximum atomic E-state index is 12.3. The van der Waals surface area contributed by atoms with Crippen molar-refractivity contribution < 1.29 is 4.79 Å². The van der Waals surface area contributed by atoms with Crippen molar-refractivity contribution in [1.29, 1.82) is 5.26 Å². The molecule has 1 amide bonds. The molecule has 0 unspecified atom stereocenters. The van der Waals surface area contributed by atoms with Crippen LogP contribution in [0.25, 0.3) is 5.57 Å². The molecule has 0 bridgehead atoms. The van der Waals surface area contributed by atoms with Crippen LogP contribution >= 0.6 is 0 Å². The van der Waals surface area contributed by atoms with Crippen LogP contribution in [0.3, 0.4) is 0 Å². The van der Waals surface area contributed by atoms with Gasteiger partial charge in [-0.3, -0.25) is 4.79 Å². The third-order valence-corrected chi connectivity index (χ3v) is 4.11. The number of hydrogen-bond donors (Lipinski definition) is 1. The fourth-order valence-electron chi connectivity index (χ4n) is 2.81. The summed E-state index contributed by atoms with van der Waals surface area (Å²) in [5.41, 5.74) is 3.74. The summed E-state index contributed by atoms with van der Waals surface area (Å²) in [4.78, 5) is 14.4. The number of allylic oxidation sites excluding steroid dienone is 4. The van der Waals surface area contributed by atoms with Crippen LogP contribution in [0.5, 0.6) is 0 Å². The monoisotopic (exact) mass is 353 g/mol. The van der Waals surface area contributed by atoms with E-state index in [9.17, 15) is 10.1 Å². The summed E-state index contributed by atoms with van der Waals surface area (Å²) in [5, 5.41) is 12.1. The molecule has 27 heavy (non-hydrogen) atoms. The maximum absolute atomic E-state index is 12.3. The number of fused-ring (bicyclic) bond motifs is 1. The van der Waals surface area contributed by atoms with Gasteiger partial charge in [0.1, 0.15) is 11.6 Å². The standard InChI is InChI=1S/C23H19N3O/c1-2-15-26-16-14-18(21-10-6-7-11-22(21)26)12-13-19(17-24)23(27)25-20-8-4-3-5-9-20/h2-14,16H,1,15H2,(H,25,27)/b18-12+,19-13-. The zero-order valence-corrected chi connectivity index (χ0v) is 14.8. The van der Waals surface area contributed by atoms with Crippen molar-refractivity contribution in [2.75, 3.05) is 16.8 Å². The van der Waals surface area contributed by atoms with E-state index in [1.54, 1.807) is 24.3 Å². The predicted molar refractivity (Wildman–Crippen MR) is 110 cm³/mol. The molecule has 2 aromatic carbocycles. The Kier molecular flexibility index (Phi) is 5.66. The van der Waals surface area contributed by atoms with Gasteiger partial charge in [-0.1, -0.05) is 48.6 Å². The first kappa shape index (κ1) is 18.0. The molecule has 4 heteroatoms. The molecule has 1 aliphatic heterocycles. The number of carbonyl (C=O) groups excluding carboxylic acids is 1. The summed E-state index contributed by atoms with van der Waals surface area (Å²) in [7, 11) is 0. The third-order valence-electron chi connectivity index (χ3n) is 4.11. The second kappa shape index (κ2) is 8.50. The minimum atomic E-state index is -0.429. The highest BCUT2D eigenvalue weighted by atomic mass is 16.1. The van der Waals surface area contributed by atoms with Crippen molar-refractivity contribution in [3.8, 4) is 6.07 Å². The summed E-state index contributed by atoms with van der Waals surface area (Å²) >= 11 is 0. The Balaban J connectivity index is 1.87. The van der Waals surface area contributed by atoms with Gasteiger partial charge >= 0.3 is 0 Å². The van der Waals surface area contributed by atoms with Gasteiger partial charge in [-0.2, -0.15) is 5.26 Å². The zero-order valence-electron chi connectivity index (χ0n) is 14.8. The van der Waals surface area contributed by atoms with E-state index in [4.69, 9.17) is 0 Å². The smallest absolute Gasteiger partial charge is 0.266 e. The molecule has 0 atom stereocenters. The fraction of sp³-hybridized carbons (Fsp3) is 0.0435. The molecular formula is C23H19N3O. The van der Waals surface area contributed by atoms with Gasteiger partial charge < -0.3 is 10.2 Å². The highest BCUT2D eigenvalue weighted by Gasteiger charge is 2.15. The van der Waals surface area contributed by atoms with Gasteiger partial charge in [0.2, 0.25) is 0 Å². The summed E-state index contributed by atoms with van der Waals surface area (Å²) in [6, 6.07) is 19.0. The van der Waals surface area contributed by atoms with Crippen molar-refractivity contribution in [3.05, 3.63) is 103 Å². The van der Waals surface area contributed by atoms with Crippen molar-refractivity contribution >= 4 is 22.9 Å². The first-order valence-corrected chi connectivity index (χ1v) is 8.56. The van der Waals surface area contributed by atoms with Gasteiger partial charge in [0.05, 0.1) is 0 Å². The molecule has 0 aliphatic carbocycles. The van der Waals surface area contributed by atoms with E-state index in [-0.39, 0.29) is 5.57 Å². The van der Waals surface area contributed by atoms with Gasteiger partial charge in [0.25, 0.3) is 5.91 Å².